The van der Waals surface area contributed by atoms with E-state index in [4.69, 9.17) is 4.74 Å². The third-order valence-electron chi connectivity index (χ3n) is 4.79. The van der Waals surface area contributed by atoms with E-state index < -0.39 is 0 Å². The zero-order valence-corrected chi connectivity index (χ0v) is 14.0. The highest BCUT2D eigenvalue weighted by Gasteiger charge is 2.39. The minimum atomic E-state index is -0.115. The zero-order chi connectivity index (χ0) is 17.1. The van der Waals surface area contributed by atoms with E-state index in [-0.39, 0.29) is 17.8 Å². The molecule has 0 N–H and O–H groups in total. The number of amides is 1. The lowest BCUT2D eigenvalue weighted by Crippen LogP contribution is -2.34. The van der Waals surface area contributed by atoms with Gasteiger partial charge in [-0.2, -0.15) is 0 Å². The Morgan fingerprint density at radius 2 is 2.04 bits per heavy atom. The molecule has 2 saturated heterocycles. The zero-order valence-electron chi connectivity index (χ0n) is 14.0. The standard InChI is InChI=1S/C18H21N5O2/c24-18(17-20-5-2-6-21-17)23-12-15-11-22(7-8-25-16(15)13-23)10-14-3-1-4-19-9-14/h1-6,9,15-16H,7-8,10-13H2/t15-,16+/m1/s1. The molecule has 1 amide bonds. The van der Waals surface area contributed by atoms with Crippen LogP contribution >= 0.6 is 0 Å². The lowest BCUT2D eigenvalue weighted by Gasteiger charge is -2.23. The maximum absolute atomic E-state index is 12.6. The van der Waals surface area contributed by atoms with E-state index in [9.17, 15) is 4.79 Å². The van der Waals surface area contributed by atoms with Crippen molar-refractivity contribution in [2.45, 2.75) is 12.6 Å². The van der Waals surface area contributed by atoms with Gasteiger partial charge in [0.25, 0.3) is 5.91 Å². The maximum Gasteiger partial charge on any atom is 0.291 e. The van der Waals surface area contributed by atoms with Crippen LogP contribution in [-0.2, 0) is 11.3 Å². The molecule has 25 heavy (non-hydrogen) atoms. The number of likely N-dealkylation sites (tertiary alicyclic amines) is 1. The number of hydrogen-bond donors (Lipinski definition) is 0. The van der Waals surface area contributed by atoms with Gasteiger partial charge in [-0.1, -0.05) is 6.07 Å². The number of carbonyl (C=O) groups excluding carboxylic acids is 1. The molecule has 7 nitrogen and oxygen atoms in total. The minimum Gasteiger partial charge on any atom is -0.375 e. The van der Waals surface area contributed by atoms with Crippen molar-refractivity contribution in [1.82, 2.24) is 24.8 Å². The van der Waals surface area contributed by atoms with Crippen molar-refractivity contribution >= 4 is 5.91 Å². The first-order valence-corrected chi connectivity index (χ1v) is 8.59. The Hall–Kier alpha value is -2.38. The topological polar surface area (TPSA) is 71.5 Å². The summed E-state index contributed by atoms with van der Waals surface area (Å²) in [6.07, 6.45) is 6.98. The normalized spacial score (nSPS) is 23.9. The first-order chi connectivity index (χ1) is 12.3. The van der Waals surface area contributed by atoms with E-state index in [1.165, 1.54) is 5.56 Å². The average Bonchev–Trinajstić information content (AvgIpc) is 2.96. The number of aromatic nitrogens is 3. The molecule has 2 atom stereocenters. The highest BCUT2D eigenvalue weighted by atomic mass is 16.5. The maximum atomic E-state index is 12.6. The molecule has 4 heterocycles. The Bertz CT molecular complexity index is 712. The number of rotatable bonds is 3. The van der Waals surface area contributed by atoms with E-state index in [2.05, 4.69) is 25.9 Å². The van der Waals surface area contributed by atoms with Crippen LogP contribution in [0.15, 0.2) is 43.0 Å². The Morgan fingerprint density at radius 3 is 2.84 bits per heavy atom. The van der Waals surface area contributed by atoms with E-state index >= 15 is 0 Å². The quantitative estimate of drug-likeness (QED) is 0.825. The molecular weight excluding hydrogens is 318 g/mol. The monoisotopic (exact) mass is 339 g/mol. The second-order valence-electron chi connectivity index (χ2n) is 6.55. The molecule has 0 aliphatic carbocycles. The summed E-state index contributed by atoms with van der Waals surface area (Å²) in [5, 5.41) is 0. The summed E-state index contributed by atoms with van der Waals surface area (Å²) in [7, 11) is 0. The predicted octanol–water partition coefficient (Wildman–Crippen LogP) is 0.845. The number of pyridine rings is 1. The van der Waals surface area contributed by atoms with Crippen LogP contribution in [0.1, 0.15) is 16.2 Å². The molecule has 4 rings (SSSR count). The van der Waals surface area contributed by atoms with Gasteiger partial charge in [-0.05, 0) is 17.7 Å². The summed E-state index contributed by atoms with van der Waals surface area (Å²) in [6.45, 7) is 4.66. The first kappa shape index (κ1) is 16.1. The number of nitrogens with zero attached hydrogens (tertiary/aromatic N) is 5. The highest BCUT2D eigenvalue weighted by Crippen LogP contribution is 2.25. The van der Waals surface area contributed by atoms with Crippen molar-refractivity contribution in [3.63, 3.8) is 0 Å². The van der Waals surface area contributed by atoms with Crippen molar-refractivity contribution < 1.29 is 9.53 Å². The fourth-order valence-electron chi connectivity index (χ4n) is 3.57. The van der Waals surface area contributed by atoms with Crippen molar-refractivity contribution in [3.05, 3.63) is 54.4 Å². The second kappa shape index (κ2) is 7.25. The van der Waals surface area contributed by atoms with Crippen molar-refractivity contribution in [2.75, 3.05) is 32.8 Å². The van der Waals surface area contributed by atoms with Gasteiger partial charge in [0.2, 0.25) is 5.82 Å². The molecule has 0 radical (unpaired) electrons. The first-order valence-electron chi connectivity index (χ1n) is 8.59. The van der Waals surface area contributed by atoms with Gasteiger partial charge in [0.15, 0.2) is 0 Å². The highest BCUT2D eigenvalue weighted by molar-refractivity contribution is 5.90. The molecule has 7 heteroatoms. The van der Waals surface area contributed by atoms with Crippen molar-refractivity contribution in [3.8, 4) is 0 Å². The van der Waals surface area contributed by atoms with Gasteiger partial charge in [-0.15, -0.1) is 0 Å². The summed E-state index contributed by atoms with van der Waals surface area (Å²) < 4.78 is 6.02. The third-order valence-corrected chi connectivity index (χ3v) is 4.79. The molecule has 0 bridgehead atoms. The molecule has 130 valence electrons. The van der Waals surface area contributed by atoms with Crippen LogP contribution in [0.25, 0.3) is 0 Å². The Kier molecular flexibility index (Phi) is 4.67. The van der Waals surface area contributed by atoms with E-state index in [1.807, 2.05) is 17.2 Å². The van der Waals surface area contributed by atoms with Gasteiger partial charge in [-0.25, -0.2) is 9.97 Å². The smallest absolute Gasteiger partial charge is 0.291 e. The summed E-state index contributed by atoms with van der Waals surface area (Å²) in [5.74, 6) is 0.453. The summed E-state index contributed by atoms with van der Waals surface area (Å²) in [5.41, 5.74) is 1.20. The Morgan fingerprint density at radius 1 is 1.16 bits per heavy atom. The van der Waals surface area contributed by atoms with Crippen molar-refractivity contribution in [2.24, 2.45) is 5.92 Å². The Labute approximate surface area is 146 Å². The molecule has 2 aromatic rings. The van der Waals surface area contributed by atoms with E-state index in [0.717, 1.165) is 19.6 Å². The van der Waals surface area contributed by atoms with Gasteiger partial charge in [0, 0.05) is 63.4 Å². The third kappa shape index (κ3) is 3.67. The van der Waals surface area contributed by atoms with E-state index in [1.54, 1.807) is 24.7 Å². The van der Waals surface area contributed by atoms with Gasteiger partial charge < -0.3 is 9.64 Å². The second-order valence-corrected chi connectivity index (χ2v) is 6.55. The molecule has 2 aliphatic heterocycles. The predicted molar refractivity (Wildman–Crippen MR) is 90.7 cm³/mol. The molecule has 2 aliphatic rings. The SMILES string of the molecule is O=C(c1ncccn1)N1C[C@H]2CN(Cc3cccnc3)CCO[C@H]2C1. The van der Waals surface area contributed by atoms with E-state index in [0.29, 0.717) is 25.6 Å². The van der Waals surface area contributed by atoms with Gasteiger partial charge in [0.1, 0.15) is 0 Å². The Balaban J connectivity index is 1.41. The number of carbonyl (C=O) groups is 1. The van der Waals surface area contributed by atoms with Crippen LogP contribution in [0, 0.1) is 5.92 Å². The molecule has 2 fully saturated rings. The van der Waals surface area contributed by atoms with Crippen LogP contribution in [0.2, 0.25) is 0 Å². The van der Waals surface area contributed by atoms with Gasteiger partial charge >= 0.3 is 0 Å². The lowest BCUT2D eigenvalue weighted by atomic mass is 10.1. The molecular formula is C18H21N5O2. The van der Waals surface area contributed by atoms with Crippen LogP contribution in [0.5, 0.6) is 0 Å². The molecule has 0 saturated carbocycles. The van der Waals surface area contributed by atoms with Gasteiger partial charge in [0.05, 0.1) is 12.7 Å². The van der Waals surface area contributed by atoms with Crippen molar-refractivity contribution in [1.29, 1.82) is 0 Å². The van der Waals surface area contributed by atoms with Gasteiger partial charge in [-0.3, -0.25) is 14.7 Å². The van der Waals surface area contributed by atoms with Crippen LogP contribution < -0.4 is 0 Å². The number of hydrogen-bond acceptors (Lipinski definition) is 6. The summed E-state index contributed by atoms with van der Waals surface area (Å²) in [6, 6.07) is 5.76. The van der Waals surface area contributed by atoms with Crippen LogP contribution in [-0.4, -0.2) is 69.5 Å². The van der Waals surface area contributed by atoms with Crippen LogP contribution in [0.4, 0.5) is 0 Å². The van der Waals surface area contributed by atoms with Crippen LogP contribution in [0.3, 0.4) is 0 Å². The molecule has 0 aromatic carbocycles. The number of fused-ring (bicyclic) bond motifs is 1. The fourth-order valence-corrected chi connectivity index (χ4v) is 3.57. The minimum absolute atomic E-state index is 0.0894. The lowest BCUT2D eigenvalue weighted by molar-refractivity contribution is 0.0480. The molecule has 0 unspecified atom stereocenters. The fraction of sp³-hybridized carbons (Fsp3) is 0.444. The summed E-state index contributed by atoms with van der Waals surface area (Å²) >= 11 is 0. The molecule has 2 aromatic heterocycles. The molecule has 0 spiro atoms. The average molecular weight is 339 g/mol. The largest absolute Gasteiger partial charge is 0.375 e. The summed E-state index contributed by atoms with van der Waals surface area (Å²) in [4.78, 5) is 29.1. The number of ether oxygens (including phenoxy) is 1.